The number of fused-ring (bicyclic) bond motifs is 1. The van der Waals surface area contributed by atoms with Crippen molar-refractivity contribution in [3.8, 4) is 34.6 Å². The van der Waals surface area contributed by atoms with Crippen LogP contribution in [0.2, 0.25) is 0 Å². The molecule has 2 aromatic heterocycles. The summed E-state index contributed by atoms with van der Waals surface area (Å²) < 4.78 is 18.7. The molecule has 1 unspecified atom stereocenters. The molecule has 35 heavy (non-hydrogen) atoms. The number of hydrogen-bond acceptors (Lipinski definition) is 8. The Morgan fingerprint density at radius 2 is 1.69 bits per heavy atom. The molecule has 2 aliphatic heterocycles. The minimum Gasteiger partial charge on any atom is -0.494 e. The molecule has 178 valence electrons. The zero-order chi connectivity index (χ0) is 24.6. The highest BCUT2D eigenvalue weighted by molar-refractivity contribution is 6.06. The standard InChI is InChI=1S/C25H25N6O4/c1-16(32)18-15-31(14-6-5-12-21(31)26-18)25-29-28-24(17-9-7-13-22(27-17)35-4)30(25)23-19(33-2)10-8-11-20(23)34-3/h5-16,32H,1-4H3/q+1/t16?,31-/m0/s1. The fraction of sp³-hybridized carbons (Fsp3) is 0.200. The second kappa shape index (κ2) is 8.82. The van der Waals surface area contributed by atoms with E-state index in [4.69, 9.17) is 14.2 Å². The number of allylic oxidation sites excluding steroid dienone is 2. The highest BCUT2D eigenvalue weighted by atomic mass is 16.5. The normalized spacial score (nSPS) is 19.1. The number of methoxy groups -OCH3 is 3. The highest BCUT2D eigenvalue weighted by Crippen LogP contribution is 2.42. The Labute approximate surface area is 202 Å². The van der Waals surface area contributed by atoms with Gasteiger partial charge in [0.15, 0.2) is 5.82 Å². The van der Waals surface area contributed by atoms with Gasteiger partial charge in [0, 0.05) is 12.1 Å². The molecule has 0 saturated carbocycles. The first-order chi connectivity index (χ1) is 17.0. The maximum Gasteiger partial charge on any atom is 0.350 e. The number of quaternary nitrogens is 1. The molecule has 3 aromatic rings. The molecule has 1 aromatic carbocycles. The topological polar surface area (TPSA) is 104 Å². The molecular formula is C25H25N6O4+. The quantitative estimate of drug-likeness (QED) is 0.525. The summed E-state index contributed by atoms with van der Waals surface area (Å²) in [7, 11) is 4.75. The summed E-state index contributed by atoms with van der Waals surface area (Å²) in [6, 6.07) is 11.0. The highest BCUT2D eigenvalue weighted by Gasteiger charge is 2.46. The van der Waals surface area contributed by atoms with Gasteiger partial charge in [0.1, 0.15) is 41.0 Å². The summed E-state index contributed by atoms with van der Waals surface area (Å²) in [5.74, 6) is 3.16. The van der Waals surface area contributed by atoms with E-state index in [1.54, 1.807) is 34.3 Å². The lowest BCUT2D eigenvalue weighted by molar-refractivity contribution is 0.230. The van der Waals surface area contributed by atoms with Gasteiger partial charge in [0.25, 0.3) is 0 Å². The Morgan fingerprint density at radius 1 is 0.943 bits per heavy atom. The summed E-state index contributed by atoms with van der Waals surface area (Å²) in [6.07, 6.45) is 8.70. The van der Waals surface area contributed by atoms with Crippen LogP contribution in [-0.2, 0) is 0 Å². The molecule has 0 amide bonds. The number of para-hydroxylation sites is 1. The van der Waals surface area contributed by atoms with Crippen LogP contribution in [0.4, 0.5) is 5.95 Å². The molecule has 10 heteroatoms. The van der Waals surface area contributed by atoms with E-state index in [9.17, 15) is 5.11 Å². The van der Waals surface area contributed by atoms with Crippen molar-refractivity contribution in [2.45, 2.75) is 13.0 Å². The van der Waals surface area contributed by atoms with Crippen LogP contribution in [0.15, 0.2) is 77.7 Å². The minimum atomic E-state index is -0.762. The van der Waals surface area contributed by atoms with Crippen molar-refractivity contribution in [2.75, 3.05) is 21.3 Å². The molecule has 0 fully saturated rings. The van der Waals surface area contributed by atoms with Crippen LogP contribution in [0.3, 0.4) is 0 Å². The van der Waals surface area contributed by atoms with Crippen molar-refractivity contribution in [3.63, 3.8) is 0 Å². The van der Waals surface area contributed by atoms with Gasteiger partial charge in [-0.15, -0.1) is 5.10 Å². The number of hydrogen-bond donors (Lipinski definition) is 1. The van der Waals surface area contributed by atoms with E-state index in [0.717, 1.165) is 0 Å². The Morgan fingerprint density at radius 3 is 2.37 bits per heavy atom. The van der Waals surface area contributed by atoms with Crippen molar-refractivity contribution in [1.29, 1.82) is 0 Å². The summed E-state index contributed by atoms with van der Waals surface area (Å²) in [6.45, 7) is 1.68. The Hall–Kier alpha value is -4.28. The maximum atomic E-state index is 10.3. The van der Waals surface area contributed by atoms with Crippen molar-refractivity contribution < 1.29 is 19.3 Å². The van der Waals surface area contributed by atoms with Crippen molar-refractivity contribution in [3.05, 3.63) is 72.7 Å². The smallest absolute Gasteiger partial charge is 0.350 e. The number of aliphatic hydroxyl groups is 1. The van der Waals surface area contributed by atoms with E-state index >= 15 is 0 Å². The number of rotatable bonds is 7. The fourth-order valence-electron chi connectivity index (χ4n) is 4.15. The third-order valence-electron chi connectivity index (χ3n) is 5.83. The second-order valence-corrected chi connectivity index (χ2v) is 7.91. The van der Waals surface area contributed by atoms with Crippen molar-refractivity contribution in [1.82, 2.24) is 24.2 Å². The molecule has 4 heterocycles. The van der Waals surface area contributed by atoms with Gasteiger partial charge in [0.2, 0.25) is 11.7 Å². The first kappa shape index (κ1) is 22.5. The van der Waals surface area contributed by atoms with Crippen LogP contribution >= 0.6 is 0 Å². The molecule has 0 saturated heterocycles. The number of pyridine rings is 1. The van der Waals surface area contributed by atoms with Gasteiger partial charge in [-0.2, -0.15) is 9.48 Å². The van der Waals surface area contributed by atoms with Crippen LogP contribution in [0, 0.1) is 0 Å². The van der Waals surface area contributed by atoms with Crippen molar-refractivity contribution >= 4 is 11.8 Å². The van der Waals surface area contributed by atoms with Crippen LogP contribution < -0.4 is 18.7 Å². The third-order valence-corrected chi connectivity index (χ3v) is 5.83. The predicted molar refractivity (Wildman–Crippen MR) is 132 cm³/mol. The molecule has 0 radical (unpaired) electrons. The van der Waals surface area contributed by atoms with Crippen LogP contribution in [0.25, 0.3) is 17.2 Å². The van der Waals surface area contributed by atoms with Gasteiger partial charge >= 0.3 is 5.95 Å². The van der Waals surface area contributed by atoms with Gasteiger partial charge < -0.3 is 19.3 Å². The second-order valence-electron chi connectivity index (χ2n) is 7.91. The number of aliphatic imine (C=N–C) groups is 1. The zero-order valence-electron chi connectivity index (χ0n) is 19.8. The Bertz CT molecular complexity index is 1380. The van der Waals surface area contributed by atoms with E-state index in [0.29, 0.717) is 52.1 Å². The molecule has 1 N–H and O–H groups in total. The summed E-state index contributed by atoms with van der Waals surface area (Å²) in [5.41, 5.74) is 1.67. The molecule has 0 spiro atoms. The monoisotopic (exact) mass is 473 g/mol. The summed E-state index contributed by atoms with van der Waals surface area (Å²) in [4.78, 5) is 9.26. The van der Waals surface area contributed by atoms with Crippen LogP contribution in [-0.4, -0.2) is 58.1 Å². The molecule has 0 aliphatic carbocycles. The lowest BCUT2D eigenvalue weighted by atomic mass is 10.2. The lowest BCUT2D eigenvalue weighted by Gasteiger charge is -2.27. The largest absolute Gasteiger partial charge is 0.494 e. The number of nitrogens with zero attached hydrogens (tertiary/aromatic N) is 6. The maximum absolute atomic E-state index is 10.3. The SMILES string of the molecule is COc1cccc(-c2nnc([N@+]34C=CC=CC3=NC(C(C)O)=C4)n2-c2c(OC)cccc2OC)n1. The van der Waals surface area contributed by atoms with Gasteiger partial charge in [0.05, 0.1) is 27.4 Å². The van der Waals surface area contributed by atoms with Crippen molar-refractivity contribution in [2.24, 2.45) is 4.99 Å². The van der Waals surface area contributed by atoms with E-state index in [2.05, 4.69) is 20.2 Å². The molecule has 10 nitrogen and oxygen atoms in total. The number of amidine groups is 1. The summed E-state index contributed by atoms with van der Waals surface area (Å²) >= 11 is 0. The van der Waals surface area contributed by atoms with Gasteiger partial charge in [-0.25, -0.2) is 9.55 Å². The first-order valence-corrected chi connectivity index (χ1v) is 11.0. The average Bonchev–Trinajstić information content (AvgIpc) is 3.51. The number of aliphatic hydroxyl groups excluding tert-OH is 1. The molecule has 2 atom stereocenters. The molecule has 0 bridgehead atoms. The first-order valence-electron chi connectivity index (χ1n) is 11.0. The van der Waals surface area contributed by atoms with Crippen LogP contribution in [0.1, 0.15) is 6.92 Å². The van der Waals surface area contributed by atoms with Gasteiger partial charge in [-0.05, 0) is 37.3 Å². The predicted octanol–water partition coefficient (Wildman–Crippen LogP) is 3.38. The number of aromatic nitrogens is 4. The minimum absolute atomic E-state index is 0.00883. The summed E-state index contributed by atoms with van der Waals surface area (Å²) in [5, 5.41) is 19.5. The molecule has 2 aliphatic rings. The van der Waals surface area contributed by atoms with E-state index < -0.39 is 6.10 Å². The molecule has 5 rings (SSSR count). The van der Waals surface area contributed by atoms with Gasteiger partial charge in [-0.1, -0.05) is 17.2 Å². The van der Waals surface area contributed by atoms with E-state index in [-0.39, 0.29) is 4.48 Å². The van der Waals surface area contributed by atoms with Gasteiger partial charge in [-0.3, -0.25) is 0 Å². The number of benzene rings is 1. The molecular weight excluding hydrogens is 448 g/mol. The van der Waals surface area contributed by atoms with Crippen LogP contribution in [0.5, 0.6) is 17.4 Å². The third kappa shape index (κ3) is 3.59. The van der Waals surface area contributed by atoms with E-state index in [1.807, 2.05) is 65.5 Å². The Kier molecular flexibility index (Phi) is 5.67. The zero-order valence-corrected chi connectivity index (χ0v) is 19.8. The number of ether oxygens (including phenoxy) is 3. The van der Waals surface area contributed by atoms with E-state index in [1.165, 1.54) is 0 Å². The average molecular weight is 474 g/mol. The fourth-order valence-corrected chi connectivity index (χ4v) is 4.15. The Balaban J connectivity index is 1.86. The lowest BCUT2D eigenvalue weighted by Crippen LogP contribution is -2.44.